The van der Waals surface area contributed by atoms with E-state index in [1.165, 1.54) is 0 Å². The van der Waals surface area contributed by atoms with Crippen molar-refractivity contribution in [2.75, 3.05) is 0 Å². The minimum Gasteiger partial charge on any atom is -0.365 e. The SMILES string of the molecule is CCC1=NN(C=O)C(O)(c2ccc(Cl)cc2)C1. The number of carbonyl (C=O) groups is 1. The normalized spacial score (nSPS) is 23.7. The molecule has 0 fully saturated rings. The summed E-state index contributed by atoms with van der Waals surface area (Å²) in [5.74, 6) is 0. The third-order valence-electron chi connectivity index (χ3n) is 2.89. The van der Waals surface area contributed by atoms with Crippen molar-refractivity contribution in [2.45, 2.75) is 25.5 Å². The van der Waals surface area contributed by atoms with Crippen LogP contribution in [0.25, 0.3) is 0 Å². The van der Waals surface area contributed by atoms with Crippen LogP contribution in [0, 0.1) is 0 Å². The molecule has 1 amide bonds. The molecule has 1 aliphatic heterocycles. The van der Waals surface area contributed by atoms with Crippen LogP contribution in [0.2, 0.25) is 5.02 Å². The summed E-state index contributed by atoms with van der Waals surface area (Å²) in [5, 5.41) is 16.3. The Kier molecular flexibility index (Phi) is 3.17. The van der Waals surface area contributed by atoms with E-state index in [1.54, 1.807) is 24.3 Å². The van der Waals surface area contributed by atoms with E-state index in [-0.39, 0.29) is 0 Å². The Morgan fingerprint density at radius 2 is 2.18 bits per heavy atom. The second-order valence-electron chi connectivity index (χ2n) is 3.97. The minimum absolute atomic E-state index is 0.337. The Balaban J connectivity index is 2.36. The van der Waals surface area contributed by atoms with E-state index in [0.29, 0.717) is 29.8 Å². The predicted octanol–water partition coefficient (Wildman–Crippen LogP) is 2.11. The molecular weight excluding hydrogens is 240 g/mol. The van der Waals surface area contributed by atoms with Gasteiger partial charge in [0.15, 0.2) is 5.72 Å². The van der Waals surface area contributed by atoms with Gasteiger partial charge in [-0.2, -0.15) is 10.1 Å². The topological polar surface area (TPSA) is 52.9 Å². The standard InChI is InChI=1S/C12H13ClN2O2/c1-2-11-7-12(17,15(8-16)14-11)9-3-5-10(13)6-4-9/h3-6,8,17H,2,7H2,1H3. The fourth-order valence-electron chi connectivity index (χ4n) is 1.89. The van der Waals surface area contributed by atoms with E-state index in [2.05, 4.69) is 5.10 Å². The molecule has 4 nitrogen and oxygen atoms in total. The van der Waals surface area contributed by atoms with Gasteiger partial charge in [0, 0.05) is 22.7 Å². The van der Waals surface area contributed by atoms with Crippen LogP contribution in [-0.4, -0.2) is 22.2 Å². The van der Waals surface area contributed by atoms with Crippen LogP contribution in [0.4, 0.5) is 0 Å². The lowest BCUT2D eigenvalue weighted by molar-refractivity contribution is -0.143. The Morgan fingerprint density at radius 3 is 2.71 bits per heavy atom. The van der Waals surface area contributed by atoms with Crippen LogP contribution in [0.5, 0.6) is 0 Å². The van der Waals surface area contributed by atoms with Gasteiger partial charge in [-0.1, -0.05) is 30.7 Å². The molecule has 0 saturated heterocycles. The maximum atomic E-state index is 11.0. The van der Waals surface area contributed by atoms with Gasteiger partial charge < -0.3 is 5.11 Å². The summed E-state index contributed by atoms with van der Waals surface area (Å²) in [6, 6.07) is 6.77. The summed E-state index contributed by atoms with van der Waals surface area (Å²) in [4.78, 5) is 11.0. The first kappa shape index (κ1) is 12.1. The van der Waals surface area contributed by atoms with Crippen LogP contribution in [0.1, 0.15) is 25.3 Å². The van der Waals surface area contributed by atoms with Crippen molar-refractivity contribution in [3.8, 4) is 0 Å². The molecule has 1 atom stereocenters. The third kappa shape index (κ3) is 2.06. The monoisotopic (exact) mass is 252 g/mol. The van der Waals surface area contributed by atoms with Gasteiger partial charge in [0.05, 0.1) is 0 Å². The highest BCUT2D eigenvalue weighted by Crippen LogP contribution is 2.35. The summed E-state index contributed by atoms with van der Waals surface area (Å²) in [7, 11) is 0. The zero-order chi connectivity index (χ0) is 12.5. The minimum atomic E-state index is -1.38. The van der Waals surface area contributed by atoms with Crippen LogP contribution >= 0.6 is 11.6 Å². The predicted molar refractivity (Wildman–Crippen MR) is 65.6 cm³/mol. The molecule has 1 aliphatic rings. The number of hydrogen-bond donors (Lipinski definition) is 1. The van der Waals surface area contributed by atoms with Crippen LogP contribution in [-0.2, 0) is 10.5 Å². The molecule has 0 saturated carbocycles. The van der Waals surface area contributed by atoms with Crippen molar-refractivity contribution in [2.24, 2.45) is 5.10 Å². The molecule has 0 bridgehead atoms. The number of carbonyl (C=O) groups excluding carboxylic acids is 1. The van der Waals surface area contributed by atoms with Crippen molar-refractivity contribution in [3.63, 3.8) is 0 Å². The van der Waals surface area contributed by atoms with Crippen molar-refractivity contribution >= 4 is 23.7 Å². The second kappa shape index (κ2) is 4.47. The average molecular weight is 253 g/mol. The Hall–Kier alpha value is -1.39. The molecule has 1 unspecified atom stereocenters. The Bertz CT molecular complexity index is 458. The number of hydrogen-bond acceptors (Lipinski definition) is 3. The van der Waals surface area contributed by atoms with E-state index in [9.17, 15) is 9.90 Å². The Labute approximate surface area is 104 Å². The van der Waals surface area contributed by atoms with Gasteiger partial charge in [0.2, 0.25) is 6.41 Å². The van der Waals surface area contributed by atoms with E-state index in [4.69, 9.17) is 11.6 Å². The highest BCUT2D eigenvalue weighted by Gasteiger charge is 2.41. The van der Waals surface area contributed by atoms with E-state index >= 15 is 0 Å². The summed E-state index contributed by atoms with van der Waals surface area (Å²) in [6.45, 7) is 1.94. The summed E-state index contributed by atoms with van der Waals surface area (Å²) >= 11 is 5.80. The van der Waals surface area contributed by atoms with Gasteiger partial charge in [-0.05, 0) is 18.6 Å². The largest absolute Gasteiger partial charge is 0.365 e. The molecule has 1 aromatic carbocycles. The van der Waals surface area contributed by atoms with Crippen LogP contribution in [0.15, 0.2) is 29.4 Å². The molecule has 0 aromatic heterocycles. The first-order chi connectivity index (χ1) is 8.10. The van der Waals surface area contributed by atoms with Gasteiger partial charge in [-0.3, -0.25) is 4.79 Å². The molecule has 1 N–H and O–H groups in total. The van der Waals surface area contributed by atoms with Gasteiger partial charge in [-0.15, -0.1) is 0 Å². The molecule has 5 heteroatoms. The van der Waals surface area contributed by atoms with Crippen LogP contribution < -0.4 is 0 Å². The number of nitrogens with zero attached hydrogens (tertiary/aromatic N) is 2. The van der Waals surface area contributed by atoms with Crippen molar-refractivity contribution in [3.05, 3.63) is 34.9 Å². The molecular formula is C12H13ClN2O2. The maximum absolute atomic E-state index is 11.0. The van der Waals surface area contributed by atoms with Gasteiger partial charge in [-0.25, -0.2) is 0 Å². The lowest BCUT2D eigenvalue weighted by Crippen LogP contribution is -2.38. The molecule has 1 aromatic rings. The molecule has 1 heterocycles. The first-order valence-corrected chi connectivity index (χ1v) is 5.77. The van der Waals surface area contributed by atoms with Gasteiger partial charge >= 0.3 is 0 Å². The maximum Gasteiger partial charge on any atom is 0.232 e. The average Bonchev–Trinajstić information content (AvgIpc) is 2.68. The quantitative estimate of drug-likeness (QED) is 0.838. The number of amides is 1. The molecule has 0 aliphatic carbocycles. The number of halogens is 1. The van der Waals surface area contributed by atoms with E-state index < -0.39 is 5.72 Å². The zero-order valence-corrected chi connectivity index (χ0v) is 10.2. The fourth-order valence-corrected chi connectivity index (χ4v) is 2.02. The number of benzene rings is 1. The van der Waals surface area contributed by atoms with Crippen molar-refractivity contribution in [1.82, 2.24) is 5.01 Å². The summed E-state index contributed by atoms with van der Waals surface area (Å²) in [5.41, 5.74) is 0.0354. The van der Waals surface area contributed by atoms with E-state index in [0.717, 1.165) is 10.7 Å². The lowest BCUT2D eigenvalue weighted by atomic mass is 9.97. The highest BCUT2D eigenvalue weighted by atomic mass is 35.5. The number of aliphatic hydroxyl groups is 1. The third-order valence-corrected chi connectivity index (χ3v) is 3.15. The lowest BCUT2D eigenvalue weighted by Gasteiger charge is -2.28. The molecule has 90 valence electrons. The van der Waals surface area contributed by atoms with Crippen molar-refractivity contribution in [1.29, 1.82) is 0 Å². The number of rotatable bonds is 3. The highest BCUT2D eigenvalue weighted by molar-refractivity contribution is 6.30. The second-order valence-corrected chi connectivity index (χ2v) is 4.41. The van der Waals surface area contributed by atoms with E-state index in [1.807, 2.05) is 6.92 Å². The van der Waals surface area contributed by atoms with Crippen molar-refractivity contribution < 1.29 is 9.90 Å². The zero-order valence-electron chi connectivity index (χ0n) is 9.43. The molecule has 17 heavy (non-hydrogen) atoms. The Morgan fingerprint density at radius 1 is 1.53 bits per heavy atom. The number of hydrazone groups is 1. The fraction of sp³-hybridized carbons (Fsp3) is 0.333. The van der Waals surface area contributed by atoms with Crippen LogP contribution in [0.3, 0.4) is 0 Å². The molecule has 2 rings (SSSR count). The smallest absolute Gasteiger partial charge is 0.232 e. The van der Waals surface area contributed by atoms with Gasteiger partial charge in [0.1, 0.15) is 0 Å². The molecule has 0 spiro atoms. The first-order valence-electron chi connectivity index (χ1n) is 5.39. The van der Waals surface area contributed by atoms with Gasteiger partial charge in [0.25, 0.3) is 0 Å². The summed E-state index contributed by atoms with van der Waals surface area (Å²) in [6.07, 6.45) is 1.58. The molecule has 0 radical (unpaired) electrons. The summed E-state index contributed by atoms with van der Waals surface area (Å²) < 4.78 is 0.